The van der Waals surface area contributed by atoms with E-state index in [1.165, 1.54) is 11.1 Å². The number of piperidine rings is 1. The molecule has 2 nitrogen and oxygen atoms in total. The molecule has 0 saturated carbocycles. The number of rotatable bonds is 0. The normalized spacial score (nSPS) is 22.9. The number of nitrogens with one attached hydrogen (secondary N) is 1. The highest BCUT2D eigenvalue weighted by Crippen LogP contribution is 2.42. The van der Waals surface area contributed by atoms with Crippen LogP contribution < -0.4 is 10.8 Å². The first kappa shape index (κ1) is 9.43. The summed E-state index contributed by atoms with van der Waals surface area (Å²) < 4.78 is 6.01. The average Bonchev–Trinajstić information content (AvgIpc) is 2.59. The summed E-state index contributed by atoms with van der Waals surface area (Å²) in [5.74, 6) is 0. The standard InChI is InChI=1S/C12H14BNO/c13-10-2-1-9-8-15-12(11(9)7-10)3-5-14-6-4-12/h1-2,7,14H,3-6,8H2. The van der Waals surface area contributed by atoms with Crippen molar-refractivity contribution in [1.29, 1.82) is 0 Å². The predicted octanol–water partition coefficient (Wildman–Crippen LogP) is 0.589. The molecule has 0 aliphatic carbocycles. The Hall–Kier alpha value is -0.795. The molecule has 1 N–H and O–H groups in total. The van der Waals surface area contributed by atoms with Gasteiger partial charge in [0.1, 0.15) is 7.85 Å². The highest BCUT2D eigenvalue weighted by atomic mass is 16.5. The lowest BCUT2D eigenvalue weighted by atomic mass is 9.81. The topological polar surface area (TPSA) is 21.3 Å². The third-order valence-corrected chi connectivity index (χ3v) is 3.54. The highest BCUT2D eigenvalue weighted by Gasteiger charge is 2.40. The maximum absolute atomic E-state index is 6.01. The fourth-order valence-electron chi connectivity index (χ4n) is 2.68. The summed E-state index contributed by atoms with van der Waals surface area (Å²) >= 11 is 0. The van der Waals surface area contributed by atoms with E-state index >= 15 is 0 Å². The van der Waals surface area contributed by atoms with Crippen molar-refractivity contribution in [3.63, 3.8) is 0 Å². The molecule has 1 saturated heterocycles. The minimum Gasteiger partial charge on any atom is -0.365 e. The van der Waals surface area contributed by atoms with Crippen LogP contribution in [0.4, 0.5) is 0 Å². The fraction of sp³-hybridized carbons (Fsp3) is 0.500. The molecule has 2 radical (unpaired) electrons. The van der Waals surface area contributed by atoms with Crippen LogP contribution in [-0.2, 0) is 16.9 Å². The fourth-order valence-corrected chi connectivity index (χ4v) is 2.68. The molecule has 15 heavy (non-hydrogen) atoms. The summed E-state index contributed by atoms with van der Waals surface area (Å²) in [4.78, 5) is 0. The SMILES string of the molecule is [B]c1ccc2c(c1)C1(CCNCC1)OC2. The second kappa shape index (κ2) is 3.36. The molecule has 1 spiro atoms. The predicted molar refractivity (Wildman–Crippen MR) is 60.4 cm³/mol. The molecule has 0 unspecified atom stereocenters. The summed E-state index contributed by atoms with van der Waals surface area (Å²) in [7, 11) is 5.85. The molecule has 0 atom stereocenters. The summed E-state index contributed by atoms with van der Waals surface area (Å²) in [5.41, 5.74) is 3.43. The Morgan fingerprint density at radius 3 is 2.87 bits per heavy atom. The lowest BCUT2D eigenvalue weighted by Gasteiger charge is -2.34. The third kappa shape index (κ3) is 1.42. The minimum atomic E-state index is -0.0457. The van der Waals surface area contributed by atoms with E-state index in [4.69, 9.17) is 12.6 Å². The Bertz CT molecular complexity index is 380. The molecule has 0 aromatic heterocycles. The van der Waals surface area contributed by atoms with E-state index < -0.39 is 0 Å². The van der Waals surface area contributed by atoms with E-state index in [1.54, 1.807) is 0 Å². The molecular weight excluding hydrogens is 185 g/mol. The molecule has 2 aliphatic rings. The lowest BCUT2D eigenvalue weighted by Crippen LogP contribution is -2.39. The van der Waals surface area contributed by atoms with Gasteiger partial charge in [0.25, 0.3) is 0 Å². The van der Waals surface area contributed by atoms with Crippen LogP contribution in [0.5, 0.6) is 0 Å². The van der Waals surface area contributed by atoms with Gasteiger partial charge in [0.15, 0.2) is 0 Å². The van der Waals surface area contributed by atoms with Crippen LogP contribution in [0.25, 0.3) is 0 Å². The zero-order valence-electron chi connectivity index (χ0n) is 8.75. The summed E-state index contributed by atoms with van der Waals surface area (Å²) in [6, 6.07) is 6.15. The van der Waals surface area contributed by atoms with Gasteiger partial charge < -0.3 is 10.1 Å². The minimum absolute atomic E-state index is 0.0457. The van der Waals surface area contributed by atoms with Gasteiger partial charge in [-0.25, -0.2) is 0 Å². The molecule has 1 aromatic carbocycles. The molecule has 0 bridgehead atoms. The van der Waals surface area contributed by atoms with Gasteiger partial charge >= 0.3 is 0 Å². The molecular formula is C12H14BNO. The van der Waals surface area contributed by atoms with Crippen molar-refractivity contribution in [3.8, 4) is 0 Å². The zero-order valence-corrected chi connectivity index (χ0v) is 8.75. The van der Waals surface area contributed by atoms with E-state index in [2.05, 4.69) is 17.4 Å². The zero-order chi connectivity index (χ0) is 10.3. The summed E-state index contributed by atoms with van der Waals surface area (Å²) in [5, 5.41) is 3.37. The van der Waals surface area contributed by atoms with Crippen molar-refractivity contribution < 1.29 is 4.74 Å². The van der Waals surface area contributed by atoms with E-state index in [1.807, 2.05) is 6.07 Å². The van der Waals surface area contributed by atoms with E-state index in [0.717, 1.165) is 38.0 Å². The summed E-state index contributed by atoms with van der Waals surface area (Å²) in [6.07, 6.45) is 2.12. The van der Waals surface area contributed by atoms with Crippen molar-refractivity contribution >= 4 is 13.3 Å². The third-order valence-electron chi connectivity index (χ3n) is 3.54. The Labute approximate surface area is 91.4 Å². The number of fused-ring (bicyclic) bond motifs is 2. The van der Waals surface area contributed by atoms with Gasteiger partial charge in [0, 0.05) is 0 Å². The Morgan fingerprint density at radius 2 is 2.07 bits per heavy atom. The van der Waals surface area contributed by atoms with Crippen LogP contribution in [0.1, 0.15) is 24.0 Å². The van der Waals surface area contributed by atoms with Gasteiger partial charge in [-0.15, -0.1) is 0 Å². The molecule has 76 valence electrons. The Morgan fingerprint density at radius 1 is 1.27 bits per heavy atom. The van der Waals surface area contributed by atoms with Crippen molar-refractivity contribution in [2.45, 2.75) is 25.0 Å². The second-order valence-electron chi connectivity index (χ2n) is 4.45. The van der Waals surface area contributed by atoms with Crippen LogP contribution >= 0.6 is 0 Å². The van der Waals surface area contributed by atoms with Crippen molar-refractivity contribution in [2.24, 2.45) is 0 Å². The molecule has 3 heteroatoms. The first-order valence-corrected chi connectivity index (χ1v) is 5.54. The van der Waals surface area contributed by atoms with Crippen molar-refractivity contribution in [3.05, 3.63) is 29.3 Å². The molecule has 3 rings (SSSR count). The lowest BCUT2D eigenvalue weighted by molar-refractivity contribution is -0.0589. The van der Waals surface area contributed by atoms with Crippen LogP contribution in [0, 0.1) is 0 Å². The smallest absolute Gasteiger partial charge is 0.113 e. The van der Waals surface area contributed by atoms with Crippen LogP contribution in [0.3, 0.4) is 0 Å². The van der Waals surface area contributed by atoms with Crippen LogP contribution in [0.15, 0.2) is 18.2 Å². The first-order valence-electron chi connectivity index (χ1n) is 5.54. The molecule has 2 aliphatic heterocycles. The van der Waals surface area contributed by atoms with Crippen LogP contribution in [0.2, 0.25) is 0 Å². The van der Waals surface area contributed by atoms with Gasteiger partial charge in [0.2, 0.25) is 0 Å². The number of hydrogen-bond donors (Lipinski definition) is 1. The maximum Gasteiger partial charge on any atom is 0.113 e. The van der Waals surface area contributed by atoms with E-state index in [0.29, 0.717) is 0 Å². The molecule has 1 aromatic rings. The van der Waals surface area contributed by atoms with Gasteiger partial charge in [-0.1, -0.05) is 23.7 Å². The van der Waals surface area contributed by atoms with E-state index in [9.17, 15) is 0 Å². The van der Waals surface area contributed by atoms with Crippen molar-refractivity contribution in [1.82, 2.24) is 5.32 Å². The second-order valence-corrected chi connectivity index (χ2v) is 4.45. The van der Waals surface area contributed by atoms with Crippen molar-refractivity contribution in [2.75, 3.05) is 13.1 Å². The Balaban J connectivity index is 2.05. The average molecular weight is 199 g/mol. The molecule has 0 amide bonds. The van der Waals surface area contributed by atoms with E-state index in [-0.39, 0.29) is 5.60 Å². The van der Waals surface area contributed by atoms with Gasteiger partial charge in [-0.05, 0) is 37.1 Å². The van der Waals surface area contributed by atoms with Gasteiger partial charge in [-0.3, -0.25) is 0 Å². The van der Waals surface area contributed by atoms with Crippen LogP contribution in [-0.4, -0.2) is 20.9 Å². The first-order chi connectivity index (χ1) is 7.30. The number of ether oxygens (including phenoxy) is 1. The quantitative estimate of drug-likeness (QED) is 0.617. The maximum atomic E-state index is 6.01. The molecule has 2 heterocycles. The largest absolute Gasteiger partial charge is 0.365 e. The monoisotopic (exact) mass is 199 g/mol. The van der Waals surface area contributed by atoms with Gasteiger partial charge in [-0.2, -0.15) is 0 Å². The van der Waals surface area contributed by atoms with Gasteiger partial charge in [0.05, 0.1) is 12.2 Å². The number of hydrogen-bond acceptors (Lipinski definition) is 2. The summed E-state index contributed by atoms with van der Waals surface area (Å²) in [6.45, 7) is 2.82. The Kier molecular flexibility index (Phi) is 2.11. The number of benzene rings is 1. The highest BCUT2D eigenvalue weighted by molar-refractivity contribution is 6.32. The molecule has 1 fully saturated rings.